The largest absolute Gasteiger partial charge is 0.412 e. The minimum absolute atomic E-state index is 0. The summed E-state index contributed by atoms with van der Waals surface area (Å²) in [5.74, 6) is -0.248. The number of hydrogen-bond acceptors (Lipinski definition) is 8. The zero-order chi connectivity index (χ0) is 21.7. The Labute approximate surface area is 198 Å². The van der Waals surface area contributed by atoms with Crippen LogP contribution in [0.1, 0.15) is 25.7 Å². The number of thiazole rings is 1. The highest BCUT2D eigenvalue weighted by Crippen LogP contribution is 2.32. The number of nitrogens with one attached hydrogen (secondary N) is 2. The van der Waals surface area contributed by atoms with E-state index in [-0.39, 0.29) is 47.7 Å². The molecule has 1 aliphatic carbocycles. The summed E-state index contributed by atoms with van der Waals surface area (Å²) in [6, 6.07) is -0.618. The molecule has 14 heteroatoms. The van der Waals surface area contributed by atoms with Crippen molar-refractivity contribution < 1.29 is 29.0 Å². The number of rotatable bonds is 7. The molecular formula is C18H33N5O6S3. The summed E-state index contributed by atoms with van der Waals surface area (Å²) < 4.78 is 26.2. The topological polar surface area (TPSA) is 175 Å². The van der Waals surface area contributed by atoms with E-state index in [9.17, 15) is 18.0 Å². The van der Waals surface area contributed by atoms with Gasteiger partial charge in [-0.05, 0) is 50.9 Å². The van der Waals surface area contributed by atoms with Gasteiger partial charge in [-0.1, -0.05) is 0 Å². The Kier molecular flexibility index (Phi) is 11.5. The van der Waals surface area contributed by atoms with Crippen LogP contribution in [0.3, 0.4) is 0 Å². The number of piperazine rings is 1. The fourth-order valence-electron chi connectivity index (χ4n) is 3.87. The Hall–Kier alpha value is -1.29. The summed E-state index contributed by atoms with van der Waals surface area (Å²) >= 11 is 4.85. The lowest BCUT2D eigenvalue weighted by molar-refractivity contribution is -0.142. The monoisotopic (exact) mass is 511 g/mol. The van der Waals surface area contributed by atoms with Gasteiger partial charge in [-0.25, -0.2) is 13.4 Å². The molecule has 2 amide bonds. The van der Waals surface area contributed by atoms with Crippen molar-refractivity contribution in [2.45, 2.75) is 37.0 Å². The van der Waals surface area contributed by atoms with Gasteiger partial charge in [0.25, 0.3) is 0 Å². The molecule has 2 saturated heterocycles. The highest BCUT2D eigenvalue weighted by molar-refractivity contribution is 7.90. The standard InChI is InChI=1S/C17H25N5O4S2.CH4S.2H2O/c23-15-11-21(28(25,26)13-1-2-13)6-7-22(15)14(9-12-3-4-18-10-12)16(24)20-17-19-5-8-27-17;1-2;;/h5,8,12-14,18H,1-4,6-7,9-11H2,(H,19,20,24);2H,1H3;2*1H2. The van der Waals surface area contributed by atoms with Gasteiger partial charge in [0.15, 0.2) is 5.13 Å². The van der Waals surface area contributed by atoms with Crippen LogP contribution in [-0.2, 0) is 19.6 Å². The number of nitrogens with zero attached hydrogens (tertiary/aromatic N) is 3. The molecule has 11 nitrogen and oxygen atoms in total. The summed E-state index contributed by atoms with van der Waals surface area (Å²) in [5.41, 5.74) is 0. The van der Waals surface area contributed by atoms with Crippen LogP contribution in [0, 0.1) is 5.92 Å². The number of thiol groups is 1. The quantitative estimate of drug-likeness (QED) is 0.395. The van der Waals surface area contributed by atoms with Crippen LogP contribution in [-0.4, -0.2) is 95.6 Å². The molecule has 32 heavy (non-hydrogen) atoms. The first-order valence-electron chi connectivity index (χ1n) is 10.1. The van der Waals surface area contributed by atoms with E-state index in [1.165, 1.54) is 15.6 Å². The molecule has 2 atom stereocenters. The minimum atomic E-state index is -3.39. The number of aromatic nitrogens is 1. The van der Waals surface area contributed by atoms with Gasteiger partial charge in [-0.2, -0.15) is 16.9 Å². The summed E-state index contributed by atoms with van der Waals surface area (Å²) in [4.78, 5) is 31.4. The third kappa shape index (κ3) is 6.85. The zero-order valence-electron chi connectivity index (χ0n) is 18.0. The summed E-state index contributed by atoms with van der Waals surface area (Å²) in [5, 5.41) is 8.04. The Morgan fingerprint density at radius 1 is 1.31 bits per heavy atom. The second-order valence-electron chi connectivity index (χ2n) is 7.60. The third-order valence-electron chi connectivity index (χ3n) is 5.59. The van der Waals surface area contributed by atoms with Crippen molar-refractivity contribution in [2.75, 3.05) is 44.3 Å². The van der Waals surface area contributed by atoms with Gasteiger partial charge >= 0.3 is 0 Å². The van der Waals surface area contributed by atoms with Gasteiger partial charge in [0.1, 0.15) is 6.04 Å². The molecule has 6 N–H and O–H groups in total. The Bertz CT molecular complexity index is 828. The Balaban J connectivity index is 0.00000125. The molecule has 3 heterocycles. The summed E-state index contributed by atoms with van der Waals surface area (Å²) in [7, 11) is -3.39. The zero-order valence-corrected chi connectivity index (χ0v) is 20.5. The van der Waals surface area contributed by atoms with E-state index >= 15 is 0 Å². The first kappa shape index (κ1) is 28.7. The molecule has 184 valence electrons. The van der Waals surface area contributed by atoms with E-state index < -0.39 is 16.1 Å². The molecule has 2 aliphatic heterocycles. The fraction of sp³-hybridized carbons (Fsp3) is 0.722. The van der Waals surface area contributed by atoms with Crippen LogP contribution in [0.5, 0.6) is 0 Å². The van der Waals surface area contributed by atoms with E-state index in [0.29, 0.717) is 30.3 Å². The van der Waals surface area contributed by atoms with E-state index in [1.54, 1.807) is 22.7 Å². The molecule has 1 aromatic heterocycles. The van der Waals surface area contributed by atoms with Crippen LogP contribution in [0.2, 0.25) is 0 Å². The van der Waals surface area contributed by atoms with Crippen molar-refractivity contribution in [3.63, 3.8) is 0 Å². The average molecular weight is 512 g/mol. The van der Waals surface area contributed by atoms with Crippen LogP contribution in [0.15, 0.2) is 11.6 Å². The maximum atomic E-state index is 12.9. The maximum Gasteiger partial charge on any atom is 0.248 e. The minimum Gasteiger partial charge on any atom is -0.412 e. The molecule has 1 aromatic rings. The van der Waals surface area contributed by atoms with Gasteiger partial charge < -0.3 is 26.5 Å². The van der Waals surface area contributed by atoms with Gasteiger partial charge in [0, 0.05) is 24.7 Å². The fourth-order valence-corrected chi connectivity index (χ4v) is 6.18. The van der Waals surface area contributed by atoms with Crippen LogP contribution in [0.4, 0.5) is 5.13 Å². The second kappa shape index (κ2) is 12.8. The first-order chi connectivity index (χ1) is 14.4. The van der Waals surface area contributed by atoms with E-state index in [1.807, 2.05) is 0 Å². The van der Waals surface area contributed by atoms with Crippen molar-refractivity contribution in [3.8, 4) is 0 Å². The molecule has 3 aliphatic rings. The maximum absolute atomic E-state index is 12.9. The number of carbonyl (C=O) groups is 2. The van der Waals surface area contributed by atoms with E-state index in [2.05, 4.69) is 28.2 Å². The molecule has 0 bridgehead atoms. The smallest absolute Gasteiger partial charge is 0.248 e. The third-order valence-corrected chi connectivity index (χ3v) is 8.62. The predicted octanol–water partition coefficient (Wildman–Crippen LogP) is -1.02. The predicted molar refractivity (Wildman–Crippen MR) is 127 cm³/mol. The molecule has 2 unspecified atom stereocenters. The normalized spacial score (nSPS) is 22.1. The molecule has 1 saturated carbocycles. The van der Waals surface area contributed by atoms with Crippen molar-refractivity contribution in [1.29, 1.82) is 0 Å². The number of anilines is 1. The van der Waals surface area contributed by atoms with Crippen molar-refractivity contribution in [3.05, 3.63) is 11.6 Å². The Morgan fingerprint density at radius 2 is 2.03 bits per heavy atom. The summed E-state index contributed by atoms with van der Waals surface area (Å²) in [6.07, 6.45) is 6.17. The van der Waals surface area contributed by atoms with Crippen molar-refractivity contribution >= 4 is 50.9 Å². The average Bonchev–Trinajstić information content (AvgIpc) is 3.26. The lowest BCUT2D eigenvalue weighted by Gasteiger charge is -2.38. The number of sulfonamides is 1. The molecule has 0 aromatic carbocycles. The van der Waals surface area contributed by atoms with Crippen molar-refractivity contribution in [2.24, 2.45) is 5.92 Å². The first-order valence-corrected chi connectivity index (χ1v) is 13.4. The number of hydrogen-bond donors (Lipinski definition) is 3. The van der Waals surface area contributed by atoms with Gasteiger partial charge in [0.05, 0.1) is 11.8 Å². The molecule has 3 fully saturated rings. The number of carbonyl (C=O) groups excluding carboxylic acids is 2. The van der Waals surface area contributed by atoms with E-state index in [4.69, 9.17) is 0 Å². The van der Waals surface area contributed by atoms with E-state index in [0.717, 1.165) is 19.5 Å². The van der Waals surface area contributed by atoms with Crippen LogP contribution in [0.25, 0.3) is 0 Å². The van der Waals surface area contributed by atoms with Gasteiger partial charge in [0.2, 0.25) is 21.8 Å². The lowest BCUT2D eigenvalue weighted by atomic mass is 9.97. The second-order valence-corrected chi connectivity index (χ2v) is 10.7. The Morgan fingerprint density at radius 3 is 2.56 bits per heavy atom. The van der Waals surface area contributed by atoms with Crippen LogP contribution < -0.4 is 10.6 Å². The van der Waals surface area contributed by atoms with Gasteiger partial charge in [-0.15, -0.1) is 11.3 Å². The molecule has 0 spiro atoms. The molecule has 4 rings (SSSR count). The summed E-state index contributed by atoms with van der Waals surface area (Å²) in [6.45, 7) is 2.04. The highest BCUT2D eigenvalue weighted by Gasteiger charge is 2.44. The lowest BCUT2D eigenvalue weighted by Crippen LogP contribution is -2.58. The SMILES string of the molecule is CS.O.O.O=C(Nc1nccs1)C(CC1CCNC1)N1CCN(S(=O)(=O)C2CC2)CC1=O. The molecule has 0 radical (unpaired) electrons. The van der Waals surface area contributed by atoms with Crippen molar-refractivity contribution in [1.82, 2.24) is 19.5 Å². The van der Waals surface area contributed by atoms with Gasteiger partial charge in [-0.3, -0.25) is 9.59 Å². The molecular weight excluding hydrogens is 478 g/mol. The highest BCUT2D eigenvalue weighted by atomic mass is 32.2. The van der Waals surface area contributed by atoms with Crippen LogP contribution >= 0.6 is 24.0 Å². The number of amides is 2.